The number of hydrogen-bond acceptors (Lipinski definition) is 3. The van der Waals surface area contributed by atoms with E-state index in [0.717, 1.165) is 32.4 Å². The van der Waals surface area contributed by atoms with E-state index >= 15 is 0 Å². The first-order valence-electron chi connectivity index (χ1n) is 6.78. The molecule has 0 saturated heterocycles. The molecule has 1 aliphatic rings. The molecule has 0 unspecified atom stereocenters. The maximum absolute atomic E-state index is 10.3. The summed E-state index contributed by atoms with van der Waals surface area (Å²) in [6.45, 7) is 1.96. The molecule has 1 aromatic heterocycles. The number of hydrogen-bond donors (Lipinski definition) is 2. The molecule has 0 atom stereocenters. The van der Waals surface area contributed by atoms with E-state index in [1.807, 2.05) is 11.3 Å². The first-order chi connectivity index (χ1) is 8.75. The minimum absolute atomic E-state index is 0.303. The molecule has 0 saturated carbocycles. The number of fused-ring (bicyclic) bond motifs is 1. The minimum atomic E-state index is -0.684. The molecule has 1 heterocycles. The molecular formula is C14H21NO2S. The number of carbonyl (C=O) groups is 1. The molecule has 0 radical (unpaired) electrons. The molecule has 1 aliphatic carbocycles. The Hall–Kier alpha value is -0.870. The van der Waals surface area contributed by atoms with Crippen molar-refractivity contribution in [2.75, 3.05) is 6.54 Å². The van der Waals surface area contributed by atoms with Crippen LogP contribution in [0.4, 0.5) is 0 Å². The smallest absolute Gasteiger partial charge is 0.303 e. The van der Waals surface area contributed by atoms with Crippen LogP contribution in [-0.2, 0) is 24.2 Å². The average molecular weight is 267 g/mol. The lowest BCUT2D eigenvalue weighted by Gasteiger charge is -2.02. The van der Waals surface area contributed by atoms with Crippen LogP contribution >= 0.6 is 11.3 Å². The number of carboxylic acid groups (broad SMARTS) is 1. The molecule has 0 aromatic carbocycles. The van der Waals surface area contributed by atoms with Crippen molar-refractivity contribution in [3.63, 3.8) is 0 Å². The Morgan fingerprint density at radius 2 is 2.22 bits per heavy atom. The van der Waals surface area contributed by atoms with E-state index in [4.69, 9.17) is 5.11 Å². The van der Waals surface area contributed by atoms with Crippen molar-refractivity contribution in [1.29, 1.82) is 0 Å². The highest BCUT2D eigenvalue weighted by Crippen LogP contribution is 2.30. The highest BCUT2D eigenvalue weighted by molar-refractivity contribution is 7.12. The average Bonchev–Trinajstić information content (AvgIpc) is 2.87. The van der Waals surface area contributed by atoms with Crippen molar-refractivity contribution >= 4 is 17.3 Å². The number of unbranched alkanes of at least 4 members (excludes halogenated alkanes) is 2. The molecule has 0 spiro atoms. The molecule has 0 amide bonds. The van der Waals surface area contributed by atoms with Crippen LogP contribution < -0.4 is 5.32 Å². The zero-order chi connectivity index (χ0) is 12.8. The summed E-state index contributed by atoms with van der Waals surface area (Å²) in [4.78, 5) is 13.4. The van der Waals surface area contributed by atoms with Gasteiger partial charge in [0.2, 0.25) is 0 Å². The van der Waals surface area contributed by atoms with Crippen LogP contribution in [0.5, 0.6) is 0 Å². The van der Waals surface area contributed by atoms with Gasteiger partial charge in [-0.25, -0.2) is 0 Å². The summed E-state index contributed by atoms with van der Waals surface area (Å²) in [5, 5.41) is 11.9. The van der Waals surface area contributed by atoms with Crippen molar-refractivity contribution in [1.82, 2.24) is 5.32 Å². The minimum Gasteiger partial charge on any atom is -0.481 e. The Morgan fingerprint density at radius 3 is 3.00 bits per heavy atom. The third kappa shape index (κ3) is 4.10. The fourth-order valence-corrected chi connectivity index (χ4v) is 3.62. The molecule has 18 heavy (non-hydrogen) atoms. The molecule has 0 bridgehead atoms. The van der Waals surface area contributed by atoms with E-state index in [1.54, 1.807) is 10.4 Å². The summed E-state index contributed by atoms with van der Waals surface area (Å²) in [7, 11) is 0. The standard InChI is InChI=1S/C14H21NO2S/c16-14(17)7-2-1-3-8-15-10-12-9-11-5-4-6-13(11)18-12/h9,15H,1-8,10H2,(H,16,17). The lowest BCUT2D eigenvalue weighted by molar-refractivity contribution is -0.137. The molecule has 2 rings (SSSR count). The van der Waals surface area contributed by atoms with Crippen LogP contribution in [0.15, 0.2) is 6.07 Å². The second kappa shape index (κ2) is 6.90. The molecule has 0 fully saturated rings. The van der Waals surface area contributed by atoms with Gasteiger partial charge in [-0.15, -0.1) is 11.3 Å². The van der Waals surface area contributed by atoms with Gasteiger partial charge in [-0.1, -0.05) is 6.42 Å². The van der Waals surface area contributed by atoms with Gasteiger partial charge in [-0.3, -0.25) is 4.79 Å². The van der Waals surface area contributed by atoms with E-state index in [9.17, 15) is 4.79 Å². The molecule has 1 aromatic rings. The fourth-order valence-electron chi connectivity index (χ4n) is 2.39. The highest BCUT2D eigenvalue weighted by atomic mass is 32.1. The number of thiophene rings is 1. The quantitative estimate of drug-likeness (QED) is 0.712. The van der Waals surface area contributed by atoms with Gasteiger partial charge in [-0.05, 0) is 50.3 Å². The summed E-state index contributed by atoms with van der Waals surface area (Å²) in [5.41, 5.74) is 1.57. The maximum atomic E-state index is 10.3. The van der Waals surface area contributed by atoms with E-state index in [-0.39, 0.29) is 0 Å². The van der Waals surface area contributed by atoms with Crippen LogP contribution in [0.25, 0.3) is 0 Å². The van der Waals surface area contributed by atoms with Gasteiger partial charge in [0.25, 0.3) is 0 Å². The van der Waals surface area contributed by atoms with Gasteiger partial charge in [0.15, 0.2) is 0 Å². The van der Waals surface area contributed by atoms with Crippen LogP contribution in [0.2, 0.25) is 0 Å². The van der Waals surface area contributed by atoms with Gasteiger partial charge in [0.05, 0.1) is 0 Å². The predicted molar refractivity (Wildman–Crippen MR) is 74.2 cm³/mol. The van der Waals surface area contributed by atoms with E-state index in [0.29, 0.717) is 6.42 Å². The summed E-state index contributed by atoms with van der Waals surface area (Å²) < 4.78 is 0. The molecule has 3 nitrogen and oxygen atoms in total. The van der Waals surface area contributed by atoms with E-state index in [2.05, 4.69) is 11.4 Å². The van der Waals surface area contributed by atoms with Gasteiger partial charge in [0.1, 0.15) is 0 Å². The maximum Gasteiger partial charge on any atom is 0.303 e. The van der Waals surface area contributed by atoms with E-state index in [1.165, 1.54) is 24.1 Å². The normalized spacial score (nSPS) is 13.8. The Morgan fingerprint density at radius 1 is 1.33 bits per heavy atom. The Kier molecular flexibility index (Phi) is 5.20. The fraction of sp³-hybridized carbons (Fsp3) is 0.643. The third-order valence-corrected chi connectivity index (χ3v) is 4.58. The molecule has 100 valence electrons. The first kappa shape index (κ1) is 13.6. The topological polar surface area (TPSA) is 49.3 Å². The summed E-state index contributed by atoms with van der Waals surface area (Å²) in [6.07, 6.45) is 7.04. The zero-order valence-electron chi connectivity index (χ0n) is 10.7. The van der Waals surface area contributed by atoms with Gasteiger partial charge >= 0.3 is 5.97 Å². The zero-order valence-corrected chi connectivity index (χ0v) is 11.5. The first-order valence-corrected chi connectivity index (χ1v) is 7.60. The molecule has 2 N–H and O–H groups in total. The van der Waals surface area contributed by atoms with Gasteiger partial charge in [0, 0.05) is 22.7 Å². The lowest BCUT2D eigenvalue weighted by atomic mass is 10.2. The Labute approximate surface area is 112 Å². The van der Waals surface area contributed by atoms with Crippen LogP contribution in [0.1, 0.15) is 47.4 Å². The van der Waals surface area contributed by atoms with E-state index < -0.39 is 5.97 Å². The summed E-state index contributed by atoms with van der Waals surface area (Å²) in [6, 6.07) is 2.35. The Balaban J connectivity index is 1.54. The van der Waals surface area contributed by atoms with Crippen molar-refractivity contribution in [3.05, 3.63) is 21.4 Å². The van der Waals surface area contributed by atoms with Crippen molar-refractivity contribution < 1.29 is 9.90 Å². The van der Waals surface area contributed by atoms with Crippen molar-refractivity contribution in [2.45, 2.75) is 51.5 Å². The summed E-state index contributed by atoms with van der Waals surface area (Å²) in [5.74, 6) is -0.684. The largest absolute Gasteiger partial charge is 0.481 e. The number of aliphatic carboxylic acids is 1. The van der Waals surface area contributed by atoms with Crippen molar-refractivity contribution in [3.8, 4) is 0 Å². The highest BCUT2D eigenvalue weighted by Gasteiger charge is 2.14. The van der Waals surface area contributed by atoms with Crippen LogP contribution in [0, 0.1) is 0 Å². The Bertz CT molecular complexity index is 379. The number of rotatable bonds is 8. The van der Waals surface area contributed by atoms with Crippen LogP contribution in [0.3, 0.4) is 0 Å². The summed E-state index contributed by atoms with van der Waals surface area (Å²) >= 11 is 1.95. The SMILES string of the molecule is O=C(O)CCCCCNCc1cc2c(s1)CCC2. The second-order valence-corrected chi connectivity index (χ2v) is 6.12. The molecular weight excluding hydrogens is 246 g/mol. The lowest BCUT2D eigenvalue weighted by Crippen LogP contribution is -2.13. The third-order valence-electron chi connectivity index (χ3n) is 3.34. The number of carboxylic acids is 1. The van der Waals surface area contributed by atoms with Crippen LogP contribution in [-0.4, -0.2) is 17.6 Å². The number of nitrogens with one attached hydrogen (secondary N) is 1. The molecule has 4 heteroatoms. The van der Waals surface area contributed by atoms with Gasteiger partial charge < -0.3 is 10.4 Å². The predicted octanol–water partition coefficient (Wildman–Crippen LogP) is 2.97. The number of aryl methyl sites for hydroxylation is 2. The monoisotopic (exact) mass is 267 g/mol. The second-order valence-electron chi connectivity index (χ2n) is 4.90. The molecule has 0 aliphatic heterocycles. The van der Waals surface area contributed by atoms with Crippen molar-refractivity contribution in [2.24, 2.45) is 0 Å². The van der Waals surface area contributed by atoms with Gasteiger partial charge in [-0.2, -0.15) is 0 Å².